The molecule has 5 heteroatoms. The largest absolute Gasteiger partial charge is 0.508 e. The first kappa shape index (κ1) is 11.6. The number of carbonyl (C=O) groups is 1. The molecule has 1 aromatic carbocycles. The van der Waals surface area contributed by atoms with Crippen LogP contribution < -0.4 is 5.73 Å². The highest BCUT2D eigenvalue weighted by Crippen LogP contribution is 2.14. The highest BCUT2D eigenvalue weighted by atomic mass is 32.1. The van der Waals surface area contributed by atoms with Gasteiger partial charge in [-0.05, 0) is 30.5 Å². The van der Waals surface area contributed by atoms with E-state index in [1.54, 1.807) is 12.1 Å². The van der Waals surface area contributed by atoms with Crippen molar-refractivity contribution in [2.45, 2.75) is 12.8 Å². The number of carbonyl (C=O) groups excluding carboxylic acids is 1. The molecular formula is C12H12N2O2S. The van der Waals surface area contributed by atoms with Crippen molar-refractivity contribution in [1.29, 1.82) is 0 Å². The van der Waals surface area contributed by atoms with Gasteiger partial charge in [-0.2, -0.15) is 0 Å². The number of phenols is 1. The van der Waals surface area contributed by atoms with E-state index in [0.29, 0.717) is 5.01 Å². The van der Waals surface area contributed by atoms with Crippen LogP contribution in [0.2, 0.25) is 0 Å². The summed E-state index contributed by atoms with van der Waals surface area (Å²) in [5.41, 5.74) is 7.13. The van der Waals surface area contributed by atoms with Crippen molar-refractivity contribution in [2.24, 2.45) is 5.73 Å². The molecule has 0 atom stereocenters. The van der Waals surface area contributed by atoms with Crippen molar-refractivity contribution >= 4 is 17.2 Å². The van der Waals surface area contributed by atoms with Crippen molar-refractivity contribution in [3.05, 3.63) is 45.9 Å². The van der Waals surface area contributed by atoms with Gasteiger partial charge >= 0.3 is 0 Å². The molecule has 0 aliphatic carbocycles. The molecule has 0 bridgehead atoms. The van der Waals surface area contributed by atoms with Crippen LogP contribution in [-0.2, 0) is 12.8 Å². The molecule has 88 valence electrons. The average Bonchev–Trinajstić information content (AvgIpc) is 2.77. The molecule has 4 nitrogen and oxygen atoms in total. The van der Waals surface area contributed by atoms with Gasteiger partial charge in [-0.3, -0.25) is 4.79 Å². The zero-order valence-electron chi connectivity index (χ0n) is 9.09. The molecule has 1 heterocycles. The van der Waals surface area contributed by atoms with Gasteiger partial charge in [0.1, 0.15) is 5.75 Å². The molecular weight excluding hydrogens is 236 g/mol. The molecule has 0 aliphatic rings. The Bertz CT molecular complexity index is 520. The monoisotopic (exact) mass is 248 g/mol. The number of hydrogen-bond acceptors (Lipinski definition) is 4. The zero-order valence-corrected chi connectivity index (χ0v) is 9.91. The predicted molar refractivity (Wildman–Crippen MR) is 66.1 cm³/mol. The summed E-state index contributed by atoms with van der Waals surface area (Å²) in [5.74, 6) is -0.218. The van der Waals surface area contributed by atoms with E-state index in [2.05, 4.69) is 4.98 Å². The first-order chi connectivity index (χ1) is 8.15. The number of primary amides is 1. The smallest absolute Gasteiger partial charge is 0.277 e. The number of nitrogens with two attached hydrogens (primary N) is 1. The summed E-state index contributed by atoms with van der Waals surface area (Å²) in [6, 6.07) is 7.06. The van der Waals surface area contributed by atoms with E-state index in [1.165, 1.54) is 11.3 Å². The van der Waals surface area contributed by atoms with Gasteiger partial charge in [-0.25, -0.2) is 4.98 Å². The van der Waals surface area contributed by atoms with E-state index in [-0.39, 0.29) is 5.75 Å². The van der Waals surface area contributed by atoms with Gasteiger partial charge in [0.05, 0.1) is 5.69 Å². The molecule has 2 aromatic rings. The Morgan fingerprint density at radius 3 is 2.59 bits per heavy atom. The quantitative estimate of drug-likeness (QED) is 0.865. The topological polar surface area (TPSA) is 76.2 Å². The highest BCUT2D eigenvalue weighted by Gasteiger charge is 2.06. The van der Waals surface area contributed by atoms with Crippen molar-refractivity contribution in [1.82, 2.24) is 4.98 Å². The molecule has 0 fully saturated rings. The maximum Gasteiger partial charge on any atom is 0.277 e. The van der Waals surface area contributed by atoms with E-state index in [4.69, 9.17) is 10.8 Å². The molecule has 1 aromatic heterocycles. The number of aromatic nitrogens is 1. The average molecular weight is 248 g/mol. The Hall–Kier alpha value is -1.88. The maximum atomic E-state index is 10.9. The number of rotatable bonds is 4. The van der Waals surface area contributed by atoms with Gasteiger partial charge in [-0.15, -0.1) is 11.3 Å². The Morgan fingerprint density at radius 1 is 1.29 bits per heavy atom. The maximum absolute atomic E-state index is 10.9. The molecule has 0 spiro atoms. The summed E-state index contributed by atoms with van der Waals surface area (Å²) >= 11 is 1.27. The predicted octanol–water partition coefficient (Wildman–Crippen LogP) is 1.73. The number of aromatic hydroxyl groups is 1. The van der Waals surface area contributed by atoms with E-state index in [1.807, 2.05) is 17.5 Å². The first-order valence-corrected chi connectivity index (χ1v) is 6.05. The van der Waals surface area contributed by atoms with E-state index >= 15 is 0 Å². The molecule has 17 heavy (non-hydrogen) atoms. The van der Waals surface area contributed by atoms with Crippen molar-refractivity contribution < 1.29 is 9.90 Å². The number of amides is 1. The molecule has 0 unspecified atom stereocenters. The fourth-order valence-corrected chi connectivity index (χ4v) is 2.17. The second kappa shape index (κ2) is 4.97. The third kappa shape index (κ3) is 3.04. The van der Waals surface area contributed by atoms with Gasteiger partial charge in [0.25, 0.3) is 5.91 Å². The molecule has 2 rings (SSSR count). The summed E-state index contributed by atoms with van der Waals surface area (Å²) in [7, 11) is 0. The molecule has 0 aliphatic heterocycles. The van der Waals surface area contributed by atoms with Gasteiger partial charge in [0.2, 0.25) is 0 Å². The number of aryl methyl sites for hydroxylation is 2. The fourth-order valence-electron chi connectivity index (χ4n) is 1.47. The van der Waals surface area contributed by atoms with E-state index < -0.39 is 5.91 Å². The van der Waals surface area contributed by atoms with Crippen LogP contribution in [0.5, 0.6) is 5.75 Å². The van der Waals surface area contributed by atoms with Crippen LogP contribution in [-0.4, -0.2) is 16.0 Å². The van der Waals surface area contributed by atoms with Crippen LogP contribution in [0, 0.1) is 0 Å². The zero-order chi connectivity index (χ0) is 12.3. The first-order valence-electron chi connectivity index (χ1n) is 5.17. The molecule has 0 saturated carbocycles. The minimum Gasteiger partial charge on any atom is -0.508 e. The van der Waals surface area contributed by atoms with Crippen LogP contribution in [0.15, 0.2) is 29.6 Å². The summed E-state index contributed by atoms with van der Waals surface area (Å²) in [6.45, 7) is 0. The normalized spacial score (nSPS) is 10.4. The van der Waals surface area contributed by atoms with Crippen LogP contribution in [0.4, 0.5) is 0 Å². The second-order valence-electron chi connectivity index (χ2n) is 3.67. The molecule has 1 amide bonds. The lowest BCUT2D eigenvalue weighted by molar-refractivity contribution is 0.1000. The van der Waals surface area contributed by atoms with Crippen LogP contribution >= 0.6 is 11.3 Å². The Kier molecular flexibility index (Phi) is 3.39. The number of phenolic OH excluding ortho intramolecular Hbond substituents is 1. The minimum absolute atomic E-state index is 0.262. The number of nitrogens with zero attached hydrogens (tertiary/aromatic N) is 1. The van der Waals surface area contributed by atoms with E-state index in [9.17, 15) is 4.79 Å². The summed E-state index contributed by atoms with van der Waals surface area (Å²) in [4.78, 5) is 15.0. The number of hydrogen-bond donors (Lipinski definition) is 2. The lowest BCUT2D eigenvalue weighted by Crippen LogP contribution is -2.10. The van der Waals surface area contributed by atoms with Crippen LogP contribution in [0.25, 0.3) is 0 Å². The van der Waals surface area contributed by atoms with Crippen molar-refractivity contribution in [2.75, 3.05) is 0 Å². The van der Waals surface area contributed by atoms with Crippen LogP contribution in [0.1, 0.15) is 21.1 Å². The molecule has 0 radical (unpaired) electrons. The minimum atomic E-state index is -0.481. The molecule has 3 N–H and O–H groups in total. The van der Waals surface area contributed by atoms with Crippen molar-refractivity contribution in [3.63, 3.8) is 0 Å². The Labute approximate surface area is 103 Å². The summed E-state index contributed by atoms with van der Waals surface area (Å²) < 4.78 is 0. The van der Waals surface area contributed by atoms with Gasteiger partial charge in [0, 0.05) is 5.38 Å². The Balaban J connectivity index is 1.97. The second-order valence-corrected chi connectivity index (χ2v) is 4.53. The van der Waals surface area contributed by atoms with Crippen molar-refractivity contribution in [3.8, 4) is 5.75 Å². The number of thiazole rings is 1. The summed E-state index contributed by atoms with van der Waals surface area (Å²) in [6.07, 6.45) is 1.58. The third-order valence-electron chi connectivity index (χ3n) is 2.37. The highest BCUT2D eigenvalue weighted by molar-refractivity contribution is 7.11. The SMILES string of the molecule is NC(=O)c1nc(CCc2ccc(O)cc2)cs1. The lowest BCUT2D eigenvalue weighted by atomic mass is 10.1. The van der Waals surface area contributed by atoms with Gasteiger partial charge in [-0.1, -0.05) is 12.1 Å². The fraction of sp³-hybridized carbons (Fsp3) is 0.167. The molecule has 0 saturated heterocycles. The lowest BCUT2D eigenvalue weighted by Gasteiger charge is -1.99. The van der Waals surface area contributed by atoms with Crippen LogP contribution in [0.3, 0.4) is 0 Å². The summed E-state index contributed by atoms with van der Waals surface area (Å²) in [5, 5.41) is 11.3. The van der Waals surface area contributed by atoms with Gasteiger partial charge < -0.3 is 10.8 Å². The third-order valence-corrected chi connectivity index (χ3v) is 3.27. The number of benzene rings is 1. The van der Waals surface area contributed by atoms with E-state index in [0.717, 1.165) is 24.1 Å². The Morgan fingerprint density at radius 2 is 2.00 bits per heavy atom. The standard InChI is InChI=1S/C12H12N2O2S/c13-11(16)12-14-9(7-17-12)4-1-8-2-5-10(15)6-3-8/h2-3,5-7,15H,1,4H2,(H2,13,16). The van der Waals surface area contributed by atoms with Gasteiger partial charge in [0.15, 0.2) is 5.01 Å².